The predicted octanol–water partition coefficient (Wildman–Crippen LogP) is 8.82. The minimum absolute atomic E-state index is 0.0602. The number of hydrogen-bond acceptors (Lipinski definition) is 12. The van der Waals surface area contributed by atoms with Crippen molar-refractivity contribution in [2.24, 2.45) is 11.8 Å². The number of alkyl halides is 1. The summed E-state index contributed by atoms with van der Waals surface area (Å²) in [7, 11) is 2.56. The molecule has 4 amide bonds. The van der Waals surface area contributed by atoms with Gasteiger partial charge in [-0.05, 0) is 98.2 Å². The van der Waals surface area contributed by atoms with Crippen molar-refractivity contribution in [3.05, 3.63) is 102 Å². The molecule has 4 fully saturated rings. The Hall–Kier alpha value is -7.29. The van der Waals surface area contributed by atoms with Gasteiger partial charge in [-0.15, -0.1) is 11.3 Å². The summed E-state index contributed by atoms with van der Waals surface area (Å²) in [5.41, 5.74) is 6.07. The number of aromatic amines is 2. The zero-order valence-corrected chi connectivity index (χ0v) is 42.4. The molecule has 4 saturated heterocycles. The number of nitrogens with zero attached hydrogens (tertiary/aromatic N) is 5. The maximum Gasteiger partial charge on any atom is 0.407 e. The molecule has 0 saturated carbocycles. The van der Waals surface area contributed by atoms with E-state index in [-0.39, 0.29) is 42.7 Å². The fourth-order valence-corrected chi connectivity index (χ4v) is 12.9. The van der Waals surface area contributed by atoms with Crippen LogP contribution in [0.3, 0.4) is 0 Å². The number of aromatic nitrogens is 5. The largest absolute Gasteiger partial charge is 0.464 e. The molecular weight excluding hydrogens is 982 g/mol. The van der Waals surface area contributed by atoms with E-state index in [1.807, 2.05) is 41.4 Å². The lowest BCUT2D eigenvalue weighted by atomic mass is 9.90. The highest BCUT2D eigenvalue weighted by Gasteiger charge is 2.44. The van der Waals surface area contributed by atoms with E-state index in [1.54, 1.807) is 17.5 Å². The van der Waals surface area contributed by atoms with Gasteiger partial charge in [0.25, 0.3) is 0 Å². The molecule has 4 N–H and O–H groups in total. The van der Waals surface area contributed by atoms with E-state index in [0.29, 0.717) is 81.7 Å². The first-order valence-electron chi connectivity index (χ1n) is 25.8. The lowest BCUT2D eigenvalue weighted by Crippen LogP contribution is -2.53. The number of alkyl carbamates (subject to hydrolysis) is 2. The number of thiophene rings is 1. The van der Waals surface area contributed by atoms with Crippen LogP contribution in [0.25, 0.3) is 54.8 Å². The van der Waals surface area contributed by atoms with Gasteiger partial charge in [0.2, 0.25) is 18.0 Å². The molecule has 7 aromatic rings. The summed E-state index contributed by atoms with van der Waals surface area (Å²) in [4.78, 5) is 74.3. The number of H-pyrrole nitrogens is 2. The summed E-state index contributed by atoms with van der Waals surface area (Å²) in [6.07, 6.45) is 4.47. The van der Waals surface area contributed by atoms with Crippen molar-refractivity contribution >= 4 is 56.3 Å². The third kappa shape index (κ3) is 9.26. The highest BCUT2D eigenvalue weighted by atomic mass is 32.1. The van der Waals surface area contributed by atoms with Crippen molar-refractivity contribution in [1.82, 2.24) is 44.9 Å². The van der Waals surface area contributed by atoms with Crippen LogP contribution in [0.5, 0.6) is 5.75 Å². The number of fused-ring (bicyclic) bond motifs is 6. The Morgan fingerprint density at radius 2 is 1.36 bits per heavy atom. The summed E-state index contributed by atoms with van der Waals surface area (Å²) in [5.74, 6) is 1.04. The quantitative estimate of drug-likeness (QED) is 0.0963. The van der Waals surface area contributed by atoms with Crippen molar-refractivity contribution < 1.29 is 47.3 Å². The number of nitrogens with one attached hydrogen (secondary N) is 4. The molecule has 18 nitrogen and oxygen atoms in total. The van der Waals surface area contributed by atoms with Gasteiger partial charge in [0, 0.05) is 66.2 Å². The Morgan fingerprint density at radius 1 is 0.733 bits per heavy atom. The number of benzene rings is 3. The van der Waals surface area contributed by atoms with Gasteiger partial charge in [0.05, 0.1) is 72.7 Å². The van der Waals surface area contributed by atoms with Crippen molar-refractivity contribution in [3.63, 3.8) is 0 Å². The molecule has 5 aliphatic rings. The molecule has 75 heavy (non-hydrogen) atoms. The van der Waals surface area contributed by atoms with E-state index in [0.717, 1.165) is 66.8 Å². The van der Waals surface area contributed by atoms with E-state index in [2.05, 4.69) is 67.6 Å². The third-order valence-corrected chi connectivity index (χ3v) is 16.8. The number of carbonyl (C=O) groups excluding carboxylic acids is 4. The molecule has 3 aromatic carbocycles. The normalized spacial score (nSPS) is 21.9. The Balaban J connectivity index is 0.843. The molecule has 1 unspecified atom stereocenters. The van der Waals surface area contributed by atoms with E-state index in [9.17, 15) is 19.2 Å². The van der Waals surface area contributed by atoms with Crippen LogP contribution >= 0.6 is 11.3 Å². The summed E-state index contributed by atoms with van der Waals surface area (Å²) < 4.78 is 46.8. The van der Waals surface area contributed by atoms with Crippen LogP contribution in [-0.2, 0) is 28.5 Å². The van der Waals surface area contributed by atoms with Crippen molar-refractivity contribution in [1.29, 1.82) is 0 Å². The molecule has 0 radical (unpaired) electrons. The first-order valence-corrected chi connectivity index (χ1v) is 26.6. The fraction of sp³-hybridized carbons (Fsp3) is 0.418. The first kappa shape index (κ1) is 48.6. The van der Waals surface area contributed by atoms with Crippen LogP contribution in [0, 0.1) is 11.8 Å². The lowest BCUT2D eigenvalue weighted by Gasteiger charge is -2.34. The van der Waals surface area contributed by atoms with Crippen LogP contribution in [0.15, 0.2) is 85.2 Å². The standard InChI is InChI=1S/C55H58FN9O9S/c1-70-54(68)61-47(30-13-18-72-19-14-30)51(66)63-17-5-7-41(63)49-57-27-38(59-49)32-10-12-40-35(22-32)23-42-37-11-9-33(24-44(37)74-53(65(40)42)46-25-34-6-3-4-8-45(34)75-46)39-28-58-50(60-39)43-26-36(56)29-64(43)52(67)48(62-55(69)71-2)31-15-20-73-21-16-31/h3-4,6,8-12,22-25,27-28,30-31,36,41,43,47-48,53H,5,7,13-21,26,29H2,1-2H3,(H,57,59)(H,58,60)(H,61,68)(H,62,69)/t36-,41+,43-,47+,48+,53?/m1/s1. The number of methoxy groups -OCH3 is 2. The van der Waals surface area contributed by atoms with Gasteiger partial charge in [0.1, 0.15) is 35.7 Å². The molecule has 20 heteroatoms. The lowest BCUT2D eigenvalue weighted by molar-refractivity contribution is -0.137. The Labute approximate surface area is 435 Å². The summed E-state index contributed by atoms with van der Waals surface area (Å²) in [6.45, 7) is 2.43. The van der Waals surface area contributed by atoms with Crippen molar-refractivity contribution in [3.8, 4) is 39.5 Å². The zero-order chi connectivity index (χ0) is 51.3. The van der Waals surface area contributed by atoms with Gasteiger partial charge in [-0.1, -0.05) is 30.3 Å². The minimum atomic E-state index is -1.27. The zero-order valence-electron chi connectivity index (χ0n) is 41.6. The van der Waals surface area contributed by atoms with E-state index in [4.69, 9.17) is 33.7 Å². The molecule has 6 atom stereocenters. The Bertz CT molecular complexity index is 3250. The van der Waals surface area contributed by atoms with E-state index in [1.165, 1.54) is 19.1 Å². The summed E-state index contributed by atoms with van der Waals surface area (Å²) in [5, 5.41) is 7.69. The number of likely N-dealkylation sites (tertiary alicyclic amines) is 2. The monoisotopic (exact) mass is 1040 g/mol. The van der Waals surface area contributed by atoms with Crippen molar-refractivity contribution in [2.75, 3.05) is 53.7 Å². The van der Waals surface area contributed by atoms with Crippen LogP contribution < -0.4 is 15.4 Å². The van der Waals surface area contributed by atoms with E-state index >= 15 is 4.39 Å². The molecular formula is C55H58FN9O9S. The number of ether oxygens (including phenoxy) is 5. The smallest absolute Gasteiger partial charge is 0.407 e. The number of rotatable bonds is 11. The molecule has 390 valence electrons. The molecule has 0 spiro atoms. The number of imidazole rings is 2. The van der Waals surface area contributed by atoms with Gasteiger partial charge in [0.15, 0.2) is 0 Å². The third-order valence-electron chi connectivity index (χ3n) is 15.7. The van der Waals surface area contributed by atoms with Crippen LogP contribution in [0.2, 0.25) is 0 Å². The molecule has 12 rings (SSSR count). The van der Waals surface area contributed by atoms with Crippen molar-refractivity contribution in [2.45, 2.75) is 81.5 Å². The molecule has 4 aromatic heterocycles. The molecule has 9 heterocycles. The fourth-order valence-electron chi connectivity index (χ4n) is 11.8. The maximum absolute atomic E-state index is 15.4. The van der Waals surface area contributed by atoms with Gasteiger partial charge in [-0.25, -0.2) is 23.9 Å². The maximum atomic E-state index is 15.4. The number of halogens is 1. The van der Waals surface area contributed by atoms with Crippen LogP contribution in [0.4, 0.5) is 14.0 Å². The number of carbonyl (C=O) groups is 4. The minimum Gasteiger partial charge on any atom is -0.464 e. The second kappa shape index (κ2) is 20.4. The van der Waals surface area contributed by atoms with E-state index < -0.39 is 42.7 Å². The summed E-state index contributed by atoms with van der Waals surface area (Å²) >= 11 is 1.69. The van der Waals surface area contributed by atoms with Gasteiger partial charge < -0.3 is 54.1 Å². The van der Waals surface area contributed by atoms with Gasteiger partial charge in [-0.3, -0.25) is 14.2 Å². The Morgan fingerprint density at radius 3 is 2.03 bits per heavy atom. The Kier molecular flexibility index (Phi) is 13.3. The molecule has 0 aliphatic carbocycles. The van der Waals surface area contributed by atoms with Gasteiger partial charge >= 0.3 is 12.2 Å². The number of amides is 4. The summed E-state index contributed by atoms with van der Waals surface area (Å²) in [6, 6.07) is 22.5. The van der Waals surface area contributed by atoms with Crippen LogP contribution in [0.1, 0.15) is 79.8 Å². The number of hydrogen-bond donors (Lipinski definition) is 4. The average Bonchev–Trinajstić information content (AvgIpc) is 4.33. The predicted molar refractivity (Wildman–Crippen MR) is 277 cm³/mol. The second-order valence-corrected chi connectivity index (χ2v) is 21.2. The molecule has 0 bridgehead atoms. The first-order chi connectivity index (χ1) is 36.6. The van der Waals surface area contributed by atoms with Gasteiger partial charge in [-0.2, -0.15) is 0 Å². The highest BCUT2D eigenvalue weighted by molar-refractivity contribution is 7.19. The molecule has 5 aliphatic heterocycles. The highest BCUT2D eigenvalue weighted by Crippen LogP contribution is 2.48. The second-order valence-electron chi connectivity index (χ2n) is 20.1. The average molecular weight is 1040 g/mol. The van der Waals surface area contributed by atoms with Crippen LogP contribution in [-0.4, -0.2) is 130 Å². The topological polar surface area (TPSA) is 207 Å². The SMILES string of the molecule is COC(=O)N[C@H](C(=O)N1C[C@H](F)C[C@@H]1c1ncc(-c2ccc3c(c2)OC(c2cc4ccccc4s2)n2c-3cc3cc(-c4cnc([C@@H]5CCCN5C(=O)[C@@H](NC(=O)OC)C5CCOCC5)[nH]4)ccc32)[nH]1)C1CCOCC1.